The number of rotatable bonds is 39. The van der Waals surface area contributed by atoms with Crippen molar-refractivity contribution in [2.45, 2.75) is 206 Å². The molecule has 0 aromatic heterocycles. The minimum absolute atomic E-state index is 0.0263. The lowest BCUT2D eigenvalue weighted by Crippen LogP contribution is -2.37. The largest absolute Gasteiger partial charge is 0.756 e. The Morgan fingerprint density at radius 3 is 1.25 bits per heavy atom. The van der Waals surface area contributed by atoms with E-state index in [0.29, 0.717) is 17.4 Å². The van der Waals surface area contributed by atoms with Crippen LogP contribution in [0.1, 0.15) is 200 Å². The maximum absolute atomic E-state index is 12.5. The summed E-state index contributed by atoms with van der Waals surface area (Å²) >= 11 is 0. The van der Waals surface area contributed by atoms with Crippen LogP contribution in [0, 0.1) is 0 Å². The Bertz CT molecular complexity index is 850. The standard InChI is InChI=1S/C41H82NO8P/c1-6-8-10-12-14-15-16-17-18-19-20-21-22-23-24-25-26-28-29-31-33-40(43)47-37-39(38-49-51(45,46)48-36-35-42(3,4)5)50-41(44)34-32-30-27-13-11-9-7-2/h39H,6-38H2,1-5H3/t39-/m1/s1. The Morgan fingerprint density at radius 2 is 0.882 bits per heavy atom. The van der Waals surface area contributed by atoms with E-state index in [1.807, 2.05) is 21.1 Å². The fourth-order valence-corrected chi connectivity index (χ4v) is 6.74. The third-order valence-electron chi connectivity index (χ3n) is 9.38. The molecule has 0 fully saturated rings. The van der Waals surface area contributed by atoms with Crippen LogP contribution in [0.25, 0.3) is 0 Å². The van der Waals surface area contributed by atoms with E-state index >= 15 is 0 Å². The minimum atomic E-state index is -4.61. The highest BCUT2D eigenvalue weighted by molar-refractivity contribution is 7.45. The van der Waals surface area contributed by atoms with Crippen LogP contribution in [0.2, 0.25) is 0 Å². The van der Waals surface area contributed by atoms with Gasteiger partial charge in [-0.3, -0.25) is 14.2 Å². The summed E-state index contributed by atoms with van der Waals surface area (Å²) in [7, 11) is 1.18. The zero-order chi connectivity index (χ0) is 37.9. The van der Waals surface area contributed by atoms with Gasteiger partial charge in [0, 0.05) is 12.8 Å². The second-order valence-electron chi connectivity index (χ2n) is 15.7. The first-order valence-corrected chi connectivity index (χ1v) is 22.7. The fourth-order valence-electron chi connectivity index (χ4n) is 6.01. The molecule has 0 rings (SSSR count). The third-order valence-corrected chi connectivity index (χ3v) is 10.3. The van der Waals surface area contributed by atoms with Crippen LogP contribution in [0.5, 0.6) is 0 Å². The maximum Gasteiger partial charge on any atom is 0.306 e. The van der Waals surface area contributed by atoms with Crippen molar-refractivity contribution in [1.82, 2.24) is 0 Å². The number of esters is 2. The number of quaternary nitrogens is 1. The quantitative estimate of drug-likeness (QED) is 0.0264. The zero-order valence-corrected chi connectivity index (χ0v) is 35.0. The Labute approximate surface area is 314 Å². The Morgan fingerprint density at radius 1 is 0.529 bits per heavy atom. The predicted octanol–water partition coefficient (Wildman–Crippen LogP) is 11.0. The van der Waals surface area contributed by atoms with Crippen molar-refractivity contribution in [3.8, 4) is 0 Å². The highest BCUT2D eigenvalue weighted by atomic mass is 31.2. The van der Waals surface area contributed by atoms with Gasteiger partial charge in [0.15, 0.2) is 6.10 Å². The number of carbonyl (C=O) groups is 2. The zero-order valence-electron chi connectivity index (χ0n) is 34.1. The van der Waals surface area contributed by atoms with Crippen LogP contribution in [-0.4, -0.2) is 70.0 Å². The Hall–Kier alpha value is -0.990. The van der Waals surface area contributed by atoms with Crippen molar-refractivity contribution >= 4 is 19.8 Å². The molecule has 10 heteroatoms. The van der Waals surface area contributed by atoms with Crippen molar-refractivity contribution in [2.24, 2.45) is 0 Å². The smallest absolute Gasteiger partial charge is 0.306 e. The summed E-state index contributed by atoms with van der Waals surface area (Å²) in [5.74, 6) is -0.830. The lowest BCUT2D eigenvalue weighted by molar-refractivity contribution is -0.870. The predicted molar refractivity (Wildman–Crippen MR) is 208 cm³/mol. The van der Waals surface area contributed by atoms with Crippen LogP contribution < -0.4 is 4.89 Å². The normalized spacial score (nSPS) is 13.6. The van der Waals surface area contributed by atoms with Gasteiger partial charge in [0.1, 0.15) is 19.8 Å². The van der Waals surface area contributed by atoms with E-state index in [2.05, 4.69) is 13.8 Å². The first-order valence-electron chi connectivity index (χ1n) is 21.2. The third kappa shape index (κ3) is 38.5. The van der Waals surface area contributed by atoms with Crippen molar-refractivity contribution < 1.29 is 42.1 Å². The van der Waals surface area contributed by atoms with Gasteiger partial charge in [-0.05, 0) is 12.8 Å². The number of phosphoric ester groups is 1. The molecule has 0 spiro atoms. The topological polar surface area (TPSA) is 111 Å². The molecule has 1 unspecified atom stereocenters. The molecular weight excluding hydrogens is 665 g/mol. The SMILES string of the molecule is CCCCCCCCCCCCCCCCCCCCCCC(=O)OC[C@H](COP(=O)([O-])OCC[N+](C)(C)C)OC(=O)CCCCCCCCC. The average molecular weight is 748 g/mol. The molecule has 0 aliphatic rings. The molecule has 304 valence electrons. The van der Waals surface area contributed by atoms with Gasteiger partial charge >= 0.3 is 11.9 Å². The van der Waals surface area contributed by atoms with Gasteiger partial charge in [0.05, 0.1) is 27.7 Å². The lowest BCUT2D eigenvalue weighted by atomic mass is 10.0. The fraction of sp³-hybridized carbons (Fsp3) is 0.951. The first kappa shape index (κ1) is 50.0. The number of hydrogen-bond donors (Lipinski definition) is 0. The van der Waals surface area contributed by atoms with E-state index in [4.69, 9.17) is 18.5 Å². The number of hydrogen-bond acceptors (Lipinski definition) is 8. The second kappa shape index (κ2) is 34.8. The summed E-state index contributed by atoms with van der Waals surface area (Å²) in [4.78, 5) is 37.2. The highest BCUT2D eigenvalue weighted by Crippen LogP contribution is 2.38. The highest BCUT2D eigenvalue weighted by Gasteiger charge is 2.21. The number of unbranched alkanes of at least 4 members (excludes halogenated alkanes) is 25. The number of likely N-dealkylation sites (N-methyl/N-ethyl adjacent to an activating group) is 1. The van der Waals surface area contributed by atoms with Gasteiger partial charge in [0.2, 0.25) is 0 Å². The van der Waals surface area contributed by atoms with E-state index < -0.39 is 26.5 Å². The van der Waals surface area contributed by atoms with Gasteiger partial charge in [-0.2, -0.15) is 0 Å². The average Bonchev–Trinajstić information content (AvgIpc) is 3.07. The van der Waals surface area contributed by atoms with E-state index in [-0.39, 0.29) is 32.0 Å². The molecule has 0 aliphatic heterocycles. The van der Waals surface area contributed by atoms with Gasteiger partial charge in [-0.25, -0.2) is 0 Å². The molecule has 0 bridgehead atoms. The van der Waals surface area contributed by atoms with Crippen LogP contribution in [0.4, 0.5) is 0 Å². The summed E-state index contributed by atoms with van der Waals surface area (Å²) in [5.41, 5.74) is 0. The van der Waals surface area contributed by atoms with E-state index in [0.717, 1.165) is 38.5 Å². The Balaban J connectivity index is 4.13. The van der Waals surface area contributed by atoms with Crippen molar-refractivity contribution in [1.29, 1.82) is 0 Å². The van der Waals surface area contributed by atoms with Gasteiger partial charge in [-0.1, -0.05) is 174 Å². The number of ether oxygens (including phenoxy) is 2. The van der Waals surface area contributed by atoms with E-state index in [1.54, 1.807) is 0 Å². The van der Waals surface area contributed by atoms with Crippen LogP contribution in [0.3, 0.4) is 0 Å². The summed E-state index contributed by atoms with van der Waals surface area (Å²) in [6.07, 6.45) is 33.0. The molecule has 0 N–H and O–H groups in total. The Kier molecular flexibility index (Phi) is 34.1. The van der Waals surface area contributed by atoms with Crippen LogP contribution >= 0.6 is 7.82 Å². The van der Waals surface area contributed by atoms with Crippen molar-refractivity contribution in [2.75, 3.05) is 47.5 Å². The molecule has 0 amide bonds. The van der Waals surface area contributed by atoms with E-state index in [9.17, 15) is 19.0 Å². The summed E-state index contributed by atoms with van der Waals surface area (Å²) in [5, 5.41) is 0. The van der Waals surface area contributed by atoms with Crippen LogP contribution in [0.15, 0.2) is 0 Å². The molecule has 0 aliphatic carbocycles. The summed E-state index contributed by atoms with van der Waals surface area (Å²) in [6.45, 7) is 4.20. The molecule has 2 atom stereocenters. The number of carbonyl (C=O) groups excluding carboxylic acids is 2. The molecule has 0 aromatic carbocycles. The molecule has 51 heavy (non-hydrogen) atoms. The van der Waals surface area contributed by atoms with Crippen molar-refractivity contribution in [3.05, 3.63) is 0 Å². The summed E-state index contributed by atoms with van der Waals surface area (Å²) < 4.78 is 33.7. The van der Waals surface area contributed by atoms with Crippen molar-refractivity contribution in [3.63, 3.8) is 0 Å². The number of phosphoric acid groups is 1. The van der Waals surface area contributed by atoms with Crippen LogP contribution in [-0.2, 0) is 32.7 Å². The van der Waals surface area contributed by atoms with Gasteiger partial charge in [0.25, 0.3) is 7.82 Å². The monoisotopic (exact) mass is 748 g/mol. The maximum atomic E-state index is 12.5. The van der Waals surface area contributed by atoms with Gasteiger partial charge < -0.3 is 27.9 Å². The molecule has 9 nitrogen and oxygen atoms in total. The van der Waals surface area contributed by atoms with E-state index in [1.165, 1.54) is 128 Å². The summed E-state index contributed by atoms with van der Waals surface area (Å²) in [6, 6.07) is 0. The molecular formula is C41H82NO8P. The molecule has 0 radical (unpaired) electrons. The molecule has 0 saturated heterocycles. The minimum Gasteiger partial charge on any atom is -0.756 e. The molecule has 0 saturated carbocycles. The molecule has 0 heterocycles. The molecule has 0 aromatic rings. The number of nitrogens with zero attached hydrogens (tertiary/aromatic N) is 1. The second-order valence-corrected chi connectivity index (χ2v) is 17.1. The van der Waals surface area contributed by atoms with Gasteiger partial charge in [-0.15, -0.1) is 0 Å². The lowest BCUT2D eigenvalue weighted by Gasteiger charge is -2.28. The first-order chi connectivity index (χ1) is 24.5.